The number of hydrogen-bond donors (Lipinski definition) is 2. The Morgan fingerprint density at radius 3 is 2.69 bits per heavy atom. The third kappa shape index (κ3) is 7.19. The van der Waals surface area contributed by atoms with Crippen molar-refractivity contribution in [3.63, 3.8) is 0 Å². The fraction of sp³-hybridized carbons (Fsp3) is 0.267. The smallest absolute Gasteiger partial charge is 0.253 e. The first kappa shape index (κ1) is 26.8. The first-order valence-corrected chi connectivity index (χ1v) is 13.9. The molecule has 5 rings (SSSR count). The van der Waals surface area contributed by atoms with E-state index in [9.17, 15) is 9.59 Å². The molecular weight excluding hydrogens is 558 g/mol. The van der Waals surface area contributed by atoms with Gasteiger partial charge in [-0.2, -0.15) is 4.98 Å². The predicted molar refractivity (Wildman–Crippen MR) is 153 cm³/mol. The SMILES string of the molecule is O=C(NCCc1ccccc1)c1ccccc1NC(=O)C1CCCN(Cc2nc(-c3cccc(Br)c3)no2)C1. The van der Waals surface area contributed by atoms with Crippen LogP contribution in [0.2, 0.25) is 0 Å². The fourth-order valence-electron chi connectivity index (χ4n) is 4.75. The number of rotatable bonds is 9. The Balaban J connectivity index is 1.16. The zero-order chi connectivity index (χ0) is 27.0. The Hall–Kier alpha value is -3.82. The highest BCUT2D eigenvalue weighted by atomic mass is 79.9. The molecule has 8 nitrogen and oxygen atoms in total. The van der Waals surface area contributed by atoms with Crippen molar-refractivity contribution < 1.29 is 14.1 Å². The zero-order valence-electron chi connectivity index (χ0n) is 21.5. The van der Waals surface area contributed by atoms with E-state index in [1.807, 2.05) is 60.7 Å². The molecule has 2 N–H and O–H groups in total. The number of piperidine rings is 1. The number of hydrogen-bond acceptors (Lipinski definition) is 6. The molecule has 2 heterocycles. The van der Waals surface area contributed by atoms with E-state index in [0.717, 1.165) is 41.4 Å². The maximum absolute atomic E-state index is 13.2. The molecule has 2 amide bonds. The molecule has 0 aliphatic carbocycles. The average Bonchev–Trinajstić information content (AvgIpc) is 3.42. The van der Waals surface area contributed by atoms with Crippen molar-refractivity contribution in [3.05, 3.63) is 100 Å². The summed E-state index contributed by atoms with van der Waals surface area (Å²) in [5, 5.41) is 10.1. The van der Waals surface area contributed by atoms with Gasteiger partial charge < -0.3 is 15.2 Å². The molecular formula is C30H30BrN5O3. The molecule has 9 heteroatoms. The van der Waals surface area contributed by atoms with Gasteiger partial charge in [-0.15, -0.1) is 0 Å². The maximum atomic E-state index is 13.2. The molecule has 1 aromatic heterocycles. The highest BCUT2D eigenvalue weighted by molar-refractivity contribution is 9.10. The summed E-state index contributed by atoms with van der Waals surface area (Å²) in [7, 11) is 0. The summed E-state index contributed by atoms with van der Waals surface area (Å²) in [4.78, 5) is 32.8. The molecule has 1 saturated heterocycles. The van der Waals surface area contributed by atoms with Crippen molar-refractivity contribution in [2.75, 3.05) is 25.0 Å². The first-order chi connectivity index (χ1) is 19.0. The summed E-state index contributed by atoms with van der Waals surface area (Å²) in [6.45, 7) is 2.41. The van der Waals surface area contributed by atoms with Gasteiger partial charge in [-0.1, -0.05) is 75.7 Å². The quantitative estimate of drug-likeness (QED) is 0.275. The number of aromatic nitrogens is 2. The van der Waals surface area contributed by atoms with Crippen LogP contribution in [0.3, 0.4) is 0 Å². The third-order valence-electron chi connectivity index (χ3n) is 6.76. The second-order valence-electron chi connectivity index (χ2n) is 9.62. The molecule has 0 radical (unpaired) electrons. The standard InChI is InChI=1S/C30H30BrN5O3/c31-24-12-6-10-22(18-24)28-34-27(39-35-28)20-36-17-7-11-23(19-36)29(37)33-26-14-5-4-13-25(26)30(38)32-16-15-21-8-2-1-3-9-21/h1-6,8-10,12-14,18,23H,7,11,15-17,19-20H2,(H,32,38)(H,33,37). The molecule has 1 aliphatic rings. The topological polar surface area (TPSA) is 100 Å². The van der Waals surface area contributed by atoms with Crippen LogP contribution in [0, 0.1) is 5.92 Å². The molecule has 1 unspecified atom stereocenters. The summed E-state index contributed by atoms with van der Waals surface area (Å²) in [5.41, 5.74) is 3.01. The Labute approximate surface area is 235 Å². The Bertz CT molecular complexity index is 1420. The number of benzene rings is 3. The van der Waals surface area contributed by atoms with Gasteiger partial charge in [0.25, 0.3) is 5.91 Å². The summed E-state index contributed by atoms with van der Waals surface area (Å²) >= 11 is 3.47. The Morgan fingerprint density at radius 2 is 1.85 bits per heavy atom. The first-order valence-electron chi connectivity index (χ1n) is 13.1. The van der Waals surface area contributed by atoms with Crippen LogP contribution in [0.1, 0.15) is 34.7 Å². The van der Waals surface area contributed by atoms with E-state index >= 15 is 0 Å². The third-order valence-corrected chi connectivity index (χ3v) is 7.25. The van der Waals surface area contributed by atoms with Gasteiger partial charge in [0.1, 0.15) is 0 Å². The number of para-hydroxylation sites is 1. The van der Waals surface area contributed by atoms with Crippen molar-refractivity contribution in [1.82, 2.24) is 20.4 Å². The van der Waals surface area contributed by atoms with Crippen LogP contribution in [-0.2, 0) is 17.8 Å². The lowest BCUT2D eigenvalue weighted by molar-refractivity contribution is -0.121. The number of anilines is 1. The van der Waals surface area contributed by atoms with Gasteiger partial charge in [-0.25, -0.2) is 0 Å². The monoisotopic (exact) mass is 587 g/mol. The summed E-state index contributed by atoms with van der Waals surface area (Å²) < 4.78 is 6.44. The van der Waals surface area contributed by atoms with Gasteiger partial charge >= 0.3 is 0 Å². The van der Waals surface area contributed by atoms with Crippen LogP contribution in [0.25, 0.3) is 11.4 Å². The van der Waals surface area contributed by atoms with Crippen molar-refractivity contribution in [3.8, 4) is 11.4 Å². The van der Waals surface area contributed by atoms with Crippen molar-refractivity contribution in [2.24, 2.45) is 5.92 Å². The molecule has 0 saturated carbocycles. The van der Waals surface area contributed by atoms with Crippen LogP contribution in [0.15, 0.2) is 87.9 Å². The minimum absolute atomic E-state index is 0.0930. The largest absolute Gasteiger partial charge is 0.352 e. The van der Waals surface area contributed by atoms with E-state index in [4.69, 9.17) is 4.52 Å². The summed E-state index contributed by atoms with van der Waals surface area (Å²) in [6.07, 6.45) is 2.40. The zero-order valence-corrected chi connectivity index (χ0v) is 23.1. The molecule has 1 fully saturated rings. The number of likely N-dealkylation sites (tertiary alicyclic amines) is 1. The van der Waals surface area contributed by atoms with Gasteiger partial charge in [0.05, 0.1) is 23.7 Å². The minimum Gasteiger partial charge on any atom is -0.352 e. The number of nitrogens with one attached hydrogen (secondary N) is 2. The number of carbonyl (C=O) groups excluding carboxylic acids is 2. The van der Waals surface area contributed by atoms with E-state index in [-0.39, 0.29) is 17.7 Å². The molecule has 1 aliphatic heterocycles. The lowest BCUT2D eigenvalue weighted by Gasteiger charge is -2.31. The van der Waals surface area contributed by atoms with Gasteiger partial charge in [-0.05, 0) is 55.6 Å². The second kappa shape index (κ2) is 12.8. The highest BCUT2D eigenvalue weighted by Gasteiger charge is 2.28. The molecule has 0 bridgehead atoms. The highest BCUT2D eigenvalue weighted by Crippen LogP contribution is 2.24. The van der Waals surface area contributed by atoms with Crippen LogP contribution in [-0.4, -0.2) is 46.5 Å². The molecule has 4 aromatic rings. The van der Waals surface area contributed by atoms with Crippen molar-refractivity contribution >= 4 is 33.4 Å². The van der Waals surface area contributed by atoms with Crippen LogP contribution in [0.4, 0.5) is 5.69 Å². The van der Waals surface area contributed by atoms with E-state index in [2.05, 4.69) is 41.6 Å². The Morgan fingerprint density at radius 1 is 1.03 bits per heavy atom. The van der Waals surface area contributed by atoms with Gasteiger partial charge in [0.2, 0.25) is 17.6 Å². The Kier molecular flexibility index (Phi) is 8.80. The van der Waals surface area contributed by atoms with Crippen LogP contribution < -0.4 is 10.6 Å². The predicted octanol–water partition coefficient (Wildman–Crippen LogP) is 5.32. The molecule has 39 heavy (non-hydrogen) atoms. The second-order valence-corrected chi connectivity index (χ2v) is 10.5. The molecule has 200 valence electrons. The number of amides is 2. The van der Waals surface area contributed by atoms with Crippen LogP contribution >= 0.6 is 15.9 Å². The maximum Gasteiger partial charge on any atom is 0.253 e. The van der Waals surface area contributed by atoms with Gasteiger partial charge in [-0.3, -0.25) is 14.5 Å². The van der Waals surface area contributed by atoms with Crippen molar-refractivity contribution in [1.29, 1.82) is 0 Å². The van der Waals surface area contributed by atoms with Crippen LogP contribution in [0.5, 0.6) is 0 Å². The molecule has 1 atom stereocenters. The van der Waals surface area contributed by atoms with Crippen molar-refractivity contribution in [2.45, 2.75) is 25.8 Å². The lowest BCUT2D eigenvalue weighted by atomic mass is 9.96. The van der Waals surface area contributed by atoms with Gasteiger partial charge in [0, 0.05) is 23.1 Å². The number of halogens is 1. The van der Waals surface area contributed by atoms with Gasteiger partial charge in [0.15, 0.2) is 0 Å². The molecule has 3 aromatic carbocycles. The summed E-state index contributed by atoms with van der Waals surface area (Å²) in [6, 6.07) is 24.9. The lowest BCUT2D eigenvalue weighted by Crippen LogP contribution is -2.40. The van der Waals surface area contributed by atoms with E-state index < -0.39 is 0 Å². The van der Waals surface area contributed by atoms with E-state index in [1.165, 1.54) is 0 Å². The van der Waals surface area contributed by atoms with E-state index in [1.54, 1.807) is 18.2 Å². The fourth-order valence-corrected chi connectivity index (χ4v) is 5.15. The summed E-state index contributed by atoms with van der Waals surface area (Å²) in [5.74, 6) is 0.551. The number of nitrogens with zero attached hydrogens (tertiary/aromatic N) is 3. The molecule has 0 spiro atoms. The minimum atomic E-state index is -0.208. The van der Waals surface area contributed by atoms with E-state index in [0.29, 0.717) is 42.6 Å². The number of carbonyl (C=O) groups is 2. The normalized spacial score (nSPS) is 15.6. The average molecular weight is 589 g/mol.